The molecular weight excluding hydrogens is 250 g/mol. The number of aromatic nitrogens is 2. The summed E-state index contributed by atoms with van der Waals surface area (Å²) < 4.78 is 7.57. The summed E-state index contributed by atoms with van der Waals surface area (Å²) in [6, 6.07) is 5.21. The molecule has 0 aliphatic heterocycles. The number of hydrogen-bond donors (Lipinski definition) is 1. The Kier molecular flexibility index (Phi) is 3.77. The molecule has 0 saturated heterocycles. The number of halogens is 1. The van der Waals surface area contributed by atoms with Gasteiger partial charge in [0.15, 0.2) is 0 Å². The normalized spacial score (nSPS) is 10.6. The summed E-state index contributed by atoms with van der Waals surface area (Å²) in [6.45, 7) is 5.33. The Morgan fingerprint density at radius 3 is 2.83 bits per heavy atom. The van der Waals surface area contributed by atoms with E-state index in [9.17, 15) is 0 Å². The lowest BCUT2D eigenvalue weighted by atomic mass is 10.2. The molecule has 0 spiro atoms. The molecule has 0 atom stereocenters. The molecule has 0 bridgehead atoms. The van der Waals surface area contributed by atoms with E-state index in [1.165, 1.54) is 0 Å². The molecule has 4 nitrogen and oxygen atoms in total. The summed E-state index contributed by atoms with van der Waals surface area (Å²) in [5.74, 6) is 0.642. The van der Waals surface area contributed by atoms with Gasteiger partial charge in [0, 0.05) is 23.3 Å². The Morgan fingerprint density at radius 1 is 1.44 bits per heavy atom. The minimum absolute atomic E-state index is 0.456. The topological polar surface area (TPSA) is 53.1 Å². The maximum absolute atomic E-state index is 5.83. The second-order valence-corrected chi connectivity index (χ2v) is 4.50. The first-order valence-electron chi connectivity index (χ1n) is 5.81. The van der Waals surface area contributed by atoms with Crippen LogP contribution in [0.3, 0.4) is 0 Å². The Balaban J connectivity index is 2.08. The average molecular weight is 266 g/mol. The molecule has 1 aromatic heterocycles. The van der Waals surface area contributed by atoms with Gasteiger partial charge < -0.3 is 10.5 Å². The molecular formula is C13H16ClN3O. The number of nitrogen functional groups attached to an aromatic ring is 1. The molecule has 0 unspecified atom stereocenters. The highest BCUT2D eigenvalue weighted by Gasteiger charge is 2.06. The Hall–Kier alpha value is -1.68. The number of nitrogens with two attached hydrogens (primary N) is 1. The highest BCUT2D eigenvalue weighted by molar-refractivity contribution is 6.30. The van der Waals surface area contributed by atoms with Gasteiger partial charge in [-0.05, 0) is 32.0 Å². The van der Waals surface area contributed by atoms with Gasteiger partial charge in [-0.15, -0.1) is 0 Å². The maximum atomic E-state index is 5.83. The van der Waals surface area contributed by atoms with E-state index in [0.717, 1.165) is 17.8 Å². The number of nitrogens with zero attached hydrogens (tertiary/aromatic N) is 2. The highest BCUT2D eigenvalue weighted by Crippen LogP contribution is 2.25. The molecule has 0 fully saturated rings. The lowest BCUT2D eigenvalue weighted by molar-refractivity contribution is 0.307. The SMILES string of the molecule is CCn1cc(COc2ccc(Cl)cc2N)c(C)n1. The fraction of sp³-hybridized carbons (Fsp3) is 0.308. The average Bonchev–Trinajstić information content (AvgIpc) is 2.69. The van der Waals surface area contributed by atoms with Gasteiger partial charge in [-0.1, -0.05) is 11.6 Å². The molecule has 0 aliphatic rings. The molecule has 5 heteroatoms. The fourth-order valence-corrected chi connectivity index (χ4v) is 1.85. The van der Waals surface area contributed by atoms with Crippen molar-refractivity contribution in [1.29, 1.82) is 0 Å². The van der Waals surface area contributed by atoms with Crippen molar-refractivity contribution in [2.75, 3.05) is 5.73 Å². The van der Waals surface area contributed by atoms with Gasteiger partial charge in [0.1, 0.15) is 12.4 Å². The number of hydrogen-bond acceptors (Lipinski definition) is 3. The lowest BCUT2D eigenvalue weighted by Gasteiger charge is -2.08. The molecule has 2 rings (SSSR count). The zero-order valence-electron chi connectivity index (χ0n) is 10.5. The van der Waals surface area contributed by atoms with Crippen molar-refractivity contribution in [1.82, 2.24) is 9.78 Å². The predicted octanol–water partition coefficient (Wildman–Crippen LogP) is 3.03. The van der Waals surface area contributed by atoms with Crippen molar-refractivity contribution < 1.29 is 4.74 Å². The summed E-state index contributed by atoms with van der Waals surface area (Å²) in [5, 5.41) is 4.97. The van der Waals surface area contributed by atoms with E-state index >= 15 is 0 Å². The second-order valence-electron chi connectivity index (χ2n) is 4.07. The fourth-order valence-electron chi connectivity index (χ4n) is 1.67. The third kappa shape index (κ3) is 2.76. The van der Waals surface area contributed by atoms with Crippen LogP contribution in [0.25, 0.3) is 0 Å². The third-order valence-corrected chi connectivity index (χ3v) is 2.96. The van der Waals surface area contributed by atoms with Crippen molar-refractivity contribution in [3.05, 3.63) is 40.7 Å². The number of aryl methyl sites for hydroxylation is 2. The van der Waals surface area contributed by atoms with Crippen molar-refractivity contribution in [3.8, 4) is 5.75 Å². The molecule has 0 saturated carbocycles. The van der Waals surface area contributed by atoms with Gasteiger partial charge in [-0.25, -0.2) is 0 Å². The smallest absolute Gasteiger partial charge is 0.142 e. The summed E-state index contributed by atoms with van der Waals surface area (Å²) in [7, 11) is 0. The highest BCUT2D eigenvalue weighted by atomic mass is 35.5. The van der Waals surface area contributed by atoms with Crippen LogP contribution in [0, 0.1) is 6.92 Å². The maximum Gasteiger partial charge on any atom is 0.142 e. The van der Waals surface area contributed by atoms with Crippen LogP contribution < -0.4 is 10.5 Å². The zero-order chi connectivity index (χ0) is 13.1. The molecule has 2 aromatic rings. The van der Waals surface area contributed by atoms with Crippen LogP contribution in [0.5, 0.6) is 5.75 Å². The molecule has 0 amide bonds. The molecule has 0 radical (unpaired) electrons. The number of ether oxygens (including phenoxy) is 1. The van der Waals surface area contributed by atoms with Gasteiger partial charge in [0.05, 0.1) is 11.4 Å². The van der Waals surface area contributed by atoms with Gasteiger partial charge >= 0.3 is 0 Å². The van der Waals surface area contributed by atoms with Crippen molar-refractivity contribution >= 4 is 17.3 Å². The van der Waals surface area contributed by atoms with Crippen LogP contribution in [-0.4, -0.2) is 9.78 Å². The quantitative estimate of drug-likeness (QED) is 0.865. The lowest BCUT2D eigenvalue weighted by Crippen LogP contribution is -1.99. The van der Waals surface area contributed by atoms with E-state index in [-0.39, 0.29) is 0 Å². The molecule has 2 N–H and O–H groups in total. The summed E-state index contributed by atoms with van der Waals surface area (Å²) >= 11 is 5.83. The Labute approximate surface area is 111 Å². The summed E-state index contributed by atoms with van der Waals surface area (Å²) in [4.78, 5) is 0. The first-order chi connectivity index (χ1) is 8.60. The third-order valence-electron chi connectivity index (χ3n) is 2.73. The largest absolute Gasteiger partial charge is 0.487 e. The van der Waals surface area contributed by atoms with Crippen molar-refractivity contribution in [2.45, 2.75) is 27.0 Å². The van der Waals surface area contributed by atoms with Gasteiger partial charge in [0.25, 0.3) is 0 Å². The van der Waals surface area contributed by atoms with Crippen LogP contribution in [0.2, 0.25) is 5.02 Å². The predicted molar refractivity (Wildman–Crippen MR) is 72.8 cm³/mol. The van der Waals surface area contributed by atoms with Crippen molar-refractivity contribution in [2.24, 2.45) is 0 Å². The number of anilines is 1. The zero-order valence-corrected chi connectivity index (χ0v) is 11.2. The van der Waals surface area contributed by atoms with Gasteiger partial charge in [-0.3, -0.25) is 4.68 Å². The van der Waals surface area contributed by atoms with Crippen LogP contribution in [-0.2, 0) is 13.2 Å². The molecule has 1 heterocycles. The van der Waals surface area contributed by atoms with E-state index < -0.39 is 0 Å². The molecule has 0 aliphatic carbocycles. The Morgan fingerprint density at radius 2 is 2.22 bits per heavy atom. The van der Waals surface area contributed by atoms with Crippen LogP contribution in [0.4, 0.5) is 5.69 Å². The summed E-state index contributed by atoms with van der Waals surface area (Å²) in [6.07, 6.45) is 1.99. The second kappa shape index (κ2) is 5.31. The van der Waals surface area contributed by atoms with Crippen LogP contribution in [0.15, 0.2) is 24.4 Å². The van der Waals surface area contributed by atoms with E-state index in [2.05, 4.69) is 5.10 Å². The summed E-state index contributed by atoms with van der Waals surface area (Å²) in [5.41, 5.74) is 8.41. The monoisotopic (exact) mass is 265 g/mol. The van der Waals surface area contributed by atoms with Crippen molar-refractivity contribution in [3.63, 3.8) is 0 Å². The minimum atomic E-state index is 0.456. The van der Waals surface area contributed by atoms with E-state index in [1.54, 1.807) is 18.2 Å². The first-order valence-corrected chi connectivity index (χ1v) is 6.18. The first kappa shape index (κ1) is 12.8. The molecule has 18 heavy (non-hydrogen) atoms. The number of benzene rings is 1. The minimum Gasteiger partial charge on any atom is -0.487 e. The Bertz CT molecular complexity index is 551. The van der Waals surface area contributed by atoms with Gasteiger partial charge in [0.2, 0.25) is 0 Å². The van der Waals surface area contributed by atoms with Crippen LogP contribution >= 0.6 is 11.6 Å². The number of rotatable bonds is 4. The van der Waals surface area contributed by atoms with Gasteiger partial charge in [-0.2, -0.15) is 5.10 Å². The molecule has 96 valence electrons. The standard InChI is InChI=1S/C13H16ClN3O/c1-3-17-7-10(9(2)16-17)8-18-13-5-4-11(14)6-12(13)15/h4-7H,3,8,15H2,1-2H3. The van der Waals surface area contributed by atoms with Crippen LogP contribution in [0.1, 0.15) is 18.2 Å². The van der Waals surface area contributed by atoms with E-state index in [4.69, 9.17) is 22.1 Å². The molecule has 1 aromatic carbocycles. The van der Waals surface area contributed by atoms with E-state index in [1.807, 2.05) is 24.7 Å². The van der Waals surface area contributed by atoms with E-state index in [0.29, 0.717) is 23.1 Å².